The highest BCUT2D eigenvalue weighted by Crippen LogP contribution is 2.21. The minimum Gasteiger partial charge on any atom is -0.480 e. The maximum absolute atomic E-state index is 11.7. The van der Waals surface area contributed by atoms with Crippen LogP contribution in [-0.4, -0.2) is 23.0 Å². The number of carboxylic acid groups (broad SMARTS) is 1. The van der Waals surface area contributed by atoms with Crippen molar-refractivity contribution < 1.29 is 14.7 Å². The van der Waals surface area contributed by atoms with E-state index in [0.717, 1.165) is 0 Å². The third kappa shape index (κ3) is 4.87. The second-order valence-electron chi connectivity index (χ2n) is 4.57. The molecule has 0 aliphatic carbocycles. The van der Waals surface area contributed by atoms with Gasteiger partial charge in [0, 0.05) is 16.1 Å². The van der Waals surface area contributed by atoms with Crippen molar-refractivity contribution in [2.24, 2.45) is 5.92 Å². The number of carbonyl (C=O) groups is 2. The number of aliphatic carboxylic acids is 1. The van der Waals surface area contributed by atoms with E-state index >= 15 is 0 Å². The number of hydrogen-bond donors (Lipinski definition) is 2. The van der Waals surface area contributed by atoms with Gasteiger partial charge in [0.25, 0.3) is 0 Å². The Morgan fingerprint density at radius 2 is 1.95 bits per heavy atom. The van der Waals surface area contributed by atoms with E-state index in [4.69, 9.17) is 28.3 Å². The zero-order valence-electron chi connectivity index (χ0n) is 11.1. The van der Waals surface area contributed by atoms with Gasteiger partial charge in [0.1, 0.15) is 6.04 Å². The van der Waals surface area contributed by atoms with Gasteiger partial charge in [0.15, 0.2) is 0 Å². The minimum atomic E-state index is -1.06. The number of carboxylic acids is 1. The van der Waals surface area contributed by atoms with Crippen LogP contribution in [0.15, 0.2) is 24.3 Å². The quantitative estimate of drug-likeness (QED) is 0.820. The van der Waals surface area contributed by atoms with Crippen LogP contribution in [0.3, 0.4) is 0 Å². The van der Waals surface area contributed by atoms with Crippen LogP contribution in [-0.2, 0) is 9.59 Å². The first-order valence-corrected chi connectivity index (χ1v) is 6.73. The zero-order valence-corrected chi connectivity index (χ0v) is 12.6. The Labute approximate surface area is 127 Å². The van der Waals surface area contributed by atoms with E-state index in [1.807, 2.05) is 0 Å². The summed E-state index contributed by atoms with van der Waals surface area (Å²) >= 11 is 11.7. The number of rotatable bonds is 5. The molecule has 0 fully saturated rings. The van der Waals surface area contributed by atoms with E-state index < -0.39 is 17.9 Å². The van der Waals surface area contributed by atoms with Gasteiger partial charge in [-0.05, 0) is 29.7 Å². The number of hydrogen-bond acceptors (Lipinski definition) is 2. The van der Waals surface area contributed by atoms with Crippen LogP contribution in [0.4, 0.5) is 0 Å². The predicted octanol–water partition coefficient (Wildman–Crippen LogP) is 3.23. The monoisotopic (exact) mass is 315 g/mol. The van der Waals surface area contributed by atoms with Crippen LogP contribution < -0.4 is 5.32 Å². The van der Waals surface area contributed by atoms with E-state index in [9.17, 15) is 9.59 Å². The Bertz CT molecular complexity index is 541. The van der Waals surface area contributed by atoms with Crippen molar-refractivity contribution >= 4 is 41.2 Å². The molecule has 0 radical (unpaired) electrons. The van der Waals surface area contributed by atoms with Crippen molar-refractivity contribution in [3.05, 3.63) is 39.9 Å². The number of benzene rings is 1. The van der Waals surface area contributed by atoms with Crippen LogP contribution in [0.5, 0.6) is 0 Å². The van der Waals surface area contributed by atoms with Gasteiger partial charge in [0.2, 0.25) is 5.91 Å². The van der Waals surface area contributed by atoms with Gasteiger partial charge in [-0.25, -0.2) is 4.79 Å². The summed E-state index contributed by atoms with van der Waals surface area (Å²) < 4.78 is 0. The summed E-state index contributed by atoms with van der Waals surface area (Å²) in [7, 11) is 0. The van der Waals surface area contributed by atoms with E-state index in [2.05, 4.69) is 5.32 Å². The zero-order chi connectivity index (χ0) is 15.3. The third-order valence-corrected chi connectivity index (χ3v) is 3.17. The number of nitrogens with one attached hydrogen (secondary N) is 1. The second kappa shape index (κ2) is 7.31. The number of halogens is 2. The first kappa shape index (κ1) is 16.5. The van der Waals surface area contributed by atoms with Crippen molar-refractivity contribution in [1.29, 1.82) is 0 Å². The standard InChI is InChI=1S/C14H15Cl2NO3/c1-8(2)13(14(19)20)17-12(18)6-4-9-3-5-10(15)7-11(9)16/h3-8,13H,1-2H3,(H,17,18)(H,19,20)/t13-/m1/s1. The molecule has 0 aliphatic rings. The maximum atomic E-state index is 11.7. The smallest absolute Gasteiger partial charge is 0.326 e. The predicted molar refractivity (Wildman–Crippen MR) is 79.9 cm³/mol. The van der Waals surface area contributed by atoms with Crippen molar-refractivity contribution in [2.45, 2.75) is 19.9 Å². The molecule has 1 aromatic rings. The Morgan fingerprint density at radius 3 is 2.45 bits per heavy atom. The molecule has 108 valence electrons. The van der Waals surface area contributed by atoms with E-state index in [1.54, 1.807) is 32.0 Å². The topological polar surface area (TPSA) is 66.4 Å². The summed E-state index contributed by atoms with van der Waals surface area (Å²) in [6.07, 6.45) is 2.75. The molecule has 20 heavy (non-hydrogen) atoms. The molecule has 1 rings (SSSR count). The number of carbonyl (C=O) groups excluding carboxylic acids is 1. The first-order valence-electron chi connectivity index (χ1n) is 5.97. The van der Waals surface area contributed by atoms with Gasteiger partial charge >= 0.3 is 5.97 Å². The Hall–Kier alpha value is -1.52. The fourth-order valence-corrected chi connectivity index (χ4v) is 1.99. The highest BCUT2D eigenvalue weighted by atomic mass is 35.5. The van der Waals surface area contributed by atoms with Crippen LogP contribution in [0.1, 0.15) is 19.4 Å². The molecule has 0 saturated heterocycles. The highest BCUT2D eigenvalue weighted by Gasteiger charge is 2.22. The summed E-state index contributed by atoms with van der Waals surface area (Å²) in [4.78, 5) is 22.7. The molecule has 1 amide bonds. The summed E-state index contributed by atoms with van der Waals surface area (Å²) in [6, 6.07) is 3.97. The van der Waals surface area contributed by atoms with Gasteiger partial charge in [-0.1, -0.05) is 43.1 Å². The normalized spacial score (nSPS) is 12.7. The summed E-state index contributed by atoms with van der Waals surface area (Å²) in [5.41, 5.74) is 0.627. The average Bonchev–Trinajstić information content (AvgIpc) is 2.34. The van der Waals surface area contributed by atoms with Gasteiger partial charge in [-0.15, -0.1) is 0 Å². The first-order chi connectivity index (χ1) is 9.31. The van der Waals surface area contributed by atoms with E-state index in [-0.39, 0.29) is 5.92 Å². The molecule has 1 aromatic carbocycles. The lowest BCUT2D eigenvalue weighted by Crippen LogP contribution is -2.43. The lowest BCUT2D eigenvalue weighted by Gasteiger charge is -2.16. The van der Waals surface area contributed by atoms with Gasteiger partial charge < -0.3 is 10.4 Å². The fraction of sp³-hybridized carbons (Fsp3) is 0.286. The highest BCUT2D eigenvalue weighted by molar-refractivity contribution is 6.35. The van der Waals surface area contributed by atoms with Crippen molar-refractivity contribution in [2.75, 3.05) is 0 Å². The lowest BCUT2D eigenvalue weighted by molar-refractivity contribution is -0.142. The largest absolute Gasteiger partial charge is 0.480 e. The molecule has 2 N–H and O–H groups in total. The van der Waals surface area contributed by atoms with Crippen molar-refractivity contribution in [3.8, 4) is 0 Å². The molecular formula is C14H15Cl2NO3. The molecule has 1 atom stereocenters. The average molecular weight is 316 g/mol. The van der Waals surface area contributed by atoms with E-state index in [1.165, 1.54) is 12.2 Å². The third-order valence-electron chi connectivity index (χ3n) is 2.61. The number of amides is 1. The van der Waals surface area contributed by atoms with Gasteiger partial charge in [-0.3, -0.25) is 4.79 Å². The van der Waals surface area contributed by atoms with Crippen molar-refractivity contribution in [1.82, 2.24) is 5.32 Å². The van der Waals surface area contributed by atoms with Crippen LogP contribution in [0.25, 0.3) is 6.08 Å². The molecule has 0 saturated carbocycles. The molecule has 4 nitrogen and oxygen atoms in total. The van der Waals surface area contributed by atoms with Crippen molar-refractivity contribution in [3.63, 3.8) is 0 Å². The molecule has 0 spiro atoms. The van der Waals surface area contributed by atoms with Crippen LogP contribution in [0, 0.1) is 5.92 Å². The Kier molecular flexibility index (Phi) is 6.05. The van der Waals surface area contributed by atoms with E-state index in [0.29, 0.717) is 15.6 Å². The minimum absolute atomic E-state index is 0.205. The Morgan fingerprint density at radius 1 is 1.30 bits per heavy atom. The fourth-order valence-electron chi connectivity index (χ4n) is 1.52. The molecule has 0 bridgehead atoms. The maximum Gasteiger partial charge on any atom is 0.326 e. The summed E-state index contributed by atoms with van der Waals surface area (Å²) in [5.74, 6) is -1.76. The molecule has 0 heterocycles. The molecular weight excluding hydrogens is 301 g/mol. The molecule has 6 heteroatoms. The van der Waals surface area contributed by atoms with Crippen LogP contribution >= 0.6 is 23.2 Å². The summed E-state index contributed by atoms with van der Waals surface area (Å²) in [5, 5.41) is 12.3. The summed E-state index contributed by atoms with van der Waals surface area (Å²) in [6.45, 7) is 3.44. The molecule has 0 unspecified atom stereocenters. The Balaban J connectivity index is 2.75. The lowest BCUT2D eigenvalue weighted by atomic mass is 10.0. The second-order valence-corrected chi connectivity index (χ2v) is 5.41. The van der Waals surface area contributed by atoms with Gasteiger partial charge in [-0.2, -0.15) is 0 Å². The SMILES string of the molecule is CC(C)[C@@H](NC(=O)C=Cc1ccc(Cl)cc1Cl)C(=O)O. The van der Waals surface area contributed by atoms with Crippen LogP contribution in [0.2, 0.25) is 10.0 Å². The molecule has 0 aliphatic heterocycles. The molecule has 0 aromatic heterocycles. The van der Waals surface area contributed by atoms with Gasteiger partial charge in [0.05, 0.1) is 0 Å².